The van der Waals surface area contributed by atoms with Gasteiger partial charge in [0.2, 0.25) is 0 Å². The molecule has 96 valence electrons. The van der Waals surface area contributed by atoms with Gasteiger partial charge in [-0.15, -0.1) is 0 Å². The number of benzene rings is 1. The fraction of sp³-hybridized carbons (Fsp3) is 0.143. The van der Waals surface area contributed by atoms with E-state index in [1.165, 1.54) is 0 Å². The van der Waals surface area contributed by atoms with Crippen molar-refractivity contribution in [3.8, 4) is 6.07 Å². The van der Waals surface area contributed by atoms with Crippen LogP contribution in [0.2, 0.25) is 5.02 Å². The first-order valence-electron chi connectivity index (χ1n) is 5.71. The maximum Gasteiger partial charge on any atom is 0.140 e. The minimum Gasteiger partial charge on any atom is -0.399 e. The third-order valence-corrected chi connectivity index (χ3v) is 3.15. The highest BCUT2D eigenvalue weighted by molar-refractivity contribution is 6.31. The number of nitrogens with two attached hydrogens (primary N) is 1. The minimum atomic E-state index is 0.402. The average Bonchev–Trinajstić information content (AvgIpc) is 2.43. The van der Waals surface area contributed by atoms with Gasteiger partial charge in [0, 0.05) is 24.3 Å². The SMILES string of the molecule is CN(Cc1cc(N)ccc1Cl)c1ccc(C#N)nc1. The average molecular weight is 273 g/mol. The van der Waals surface area contributed by atoms with E-state index < -0.39 is 0 Å². The molecule has 0 aliphatic carbocycles. The molecule has 1 aromatic carbocycles. The van der Waals surface area contributed by atoms with Crippen molar-refractivity contribution in [2.24, 2.45) is 0 Å². The van der Waals surface area contributed by atoms with Gasteiger partial charge in [0.1, 0.15) is 11.8 Å². The Morgan fingerprint density at radius 3 is 2.79 bits per heavy atom. The lowest BCUT2D eigenvalue weighted by atomic mass is 10.2. The number of rotatable bonds is 3. The van der Waals surface area contributed by atoms with E-state index >= 15 is 0 Å². The quantitative estimate of drug-likeness (QED) is 0.873. The molecule has 0 spiro atoms. The number of hydrogen-bond donors (Lipinski definition) is 1. The van der Waals surface area contributed by atoms with E-state index in [2.05, 4.69) is 4.98 Å². The van der Waals surface area contributed by atoms with Crippen molar-refractivity contribution in [3.63, 3.8) is 0 Å². The Morgan fingerprint density at radius 2 is 2.16 bits per heavy atom. The molecule has 4 nitrogen and oxygen atoms in total. The molecule has 2 rings (SSSR count). The van der Waals surface area contributed by atoms with Gasteiger partial charge in [-0.25, -0.2) is 4.98 Å². The van der Waals surface area contributed by atoms with Crippen LogP contribution in [-0.2, 0) is 6.54 Å². The summed E-state index contributed by atoms with van der Waals surface area (Å²) in [6, 6.07) is 11.0. The van der Waals surface area contributed by atoms with Crippen LogP contribution >= 0.6 is 11.6 Å². The molecular formula is C14H13ClN4. The van der Waals surface area contributed by atoms with Crippen LogP contribution in [0.4, 0.5) is 11.4 Å². The fourth-order valence-electron chi connectivity index (χ4n) is 1.74. The number of nitriles is 1. The molecule has 0 aliphatic rings. The highest BCUT2D eigenvalue weighted by Crippen LogP contribution is 2.22. The molecule has 0 bridgehead atoms. The van der Waals surface area contributed by atoms with Gasteiger partial charge in [-0.3, -0.25) is 0 Å². The van der Waals surface area contributed by atoms with Gasteiger partial charge in [0.25, 0.3) is 0 Å². The van der Waals surface area contributed by atoms with Crippen molar-refractivity contribution in [3.05, 3.63) is 52.8 Å². The molecule has 0 saturated heterocycles. The molecule has 1 aromatic heterocycles. The predicted octanol–water partition coefficient (Wildman–Crippen LogP) is 2.83. The second kappa shape index (κ2) is 5.59. The zero-order valence-corrected chi connectivity index (χ0v) is 11.2. The van der Waals surface area contributed by atoms with E-state index in [1.807, 2.05) is 30.1 Å². The number of nitrogen functional groups attached to an aromatic ring is 1. The number of nitrogens with zero attached hydrogens (tertiary/aromatic N) is 3. The molecule has 0 aliphatic heterocycles. The zero-order chi connectivity index (χ0) is 13.8. The van der Waals surface area contributed by atoms with Crippen LogP contribution < -0.4 is 10.6 Å². The Labute approximate surface area is 117 Å². The molecule has 2 aromatic rings. The van der Waals surface area contributed by atoms with Crippen LogP contribution in [0.5, 0.6) is 0 Å². The monoisotopic (exact) mass is 272 g/mol. The van der Waals surface area contributed by atoms with Crippen LogP contribution in [0.25, 0.3) is 0 Å². The molecule has 0 fully saturated rings. The second-order valence-corrected chi connectivity index (χ2v) is 4.63. The summed E-state index contributed by atoms with van der Waals surface area (Å²) in [5, 5.41) is 9.39. The first-order valence-corrected chi connectivity index (χ1v) is 6.09. The van der Waals surface area contributed by atoms with E-state index in [9.17, 15) is 0 Å². The molecule has 2 N–H and O–H groups in total. The molecule has 5 heteroatoms. The summed E-state index contributed by atoms with van der Waals surface area (Å²) < 4.78 is 0. The predicted molar refractivity (Wildman–Crippen MR) is 76.9 cm³/mol. The lowest BCUT2D eigenvalue weighted by molar-refractivity contribution is 0.918. The lowest BCUT2D eigenvalue weighted by Crippen LogP contribution is -2.17. The molecule has 19 heavy (non-hydrogen) atoms. The molecule has 0 unspecified atom stereocenters. The standard InChI is InChI=1S/C14H13ClN4/c1-19(13-4-3-12(7-16)18-8-13)9-10-6-11(17)2-5-14(10)15/h2-6,8H,9,17H2,1H3. The third kappa shape index (κ3) is 3.15. The highest BCUT2D eigenvalue weighted by Gasteiger charge is 2.06. The summed E-state index contributed by atoms with van der Waals surface area (Å²) in [7, 11) is 1.93. The van der Waals surface area contributed by atoms with Crippen LogP contribution in [0.15, 0.2) is 36.5 Å². The number of anilines is 2. The molecule has 0 saturated carbocycles. The van der Waals surface area contributed by atoms with Crippen molar-refractivity contribution in [2.75, 3.05) is 17.7 Å². The van der Waals surface area contributed by atoms with Gasteiger partial charge in [-0.1, -0.05) is 11.6 Å². The smallest absolute Gasteiger partial charge is 0.140 e. The van der Waals surface area contributed by atoms with Crippen LogP contribution in [0, 0.1) is 11.3 Å². The minimum absolute atomic E-state index is 0.402. The van der Waals surface area contributed by atoms with Crippen molar-refractivity contribution in [1.82, 2.24) is 4.98 Å². The topological polar surface area (TPSA) is 65.9 Å². The van der Waals surface area contributed by atoms with Gasteiger partial charge in [-0.2, -0.15) is 5.26 Å². The van der Waals surface area contributed by atoms with Gasteiger partial charge in [-0.05, 0) is 35.9 Å². The van der Waals surface area contributed by atoms with Crippen LogP contribution in [0.1, 0.15) is 11.3 Å². The largest absolute Gasteiger partial charge is 0.399 e. The number of pyridine rings is 1. The van der Waals surface area contributed by atoms with E-state index in [0.29, 0.717) is 22.9 Å². The molecule has 0 amide bonds. The maximum absolute atomic E-state index is 8.71. The van der Waals surface area contributed by atoms with Crippen molar-refractivity contribution in [2.45, 2.75) is 6.54 Å². The van der Waals surface area contributed by atoms with E-state index in [0.717, 1.165) is 11.3 Å². The molecule has 0 atom stereocenters. The van der Waals surface area contributed by atoms with Gasteiger partial charge >= 0.3 is 0 Å². The second-order valence-electron chi connectivity index (χ2n) is 4.22. The molecule has 1 heterocycles. The van der Waals surface area contributed by atoms with Crippen LogP contribution in [0.3, 0.4) is 0 Å². The van der Waals surface area contributed by atoms with Crippen molar-refractivity contribution < 1.29 is 0 Å². The number of hydrogen-bond acceptors (Lipinski definition) is 4. The first-order chi connectivity index (χ1) is 9.10. The van der Waals surface area contributed by atoms with E-state index in [1.54, 1.807) is 24.4 Å². The summed E-state index contributed by atoms with van der Waals surface area (Å²) in [5.41, 5.74) is 8.71. The van der Waals surface area contributed by atoms with E-state index in [4.69, 9.17) is 22.6 Å². The summed E-state index contributed by atoms with van der Waals surface area (Å²) in [5.74, 6) is 0. The summed E-state index contributed by atoms with van der Waals surface area (Å²) in [6.45, 7) is 0.622. The van der Waals surface area contributed by atoms with Gasteiger partial charge < -0.3 is 10.6 Å². The summed E-state index contributed by atoms with van der Waals surface area (Å²) in [6.07, 6.45) is 1.67. The molecular weight excluding hydrogens is 260 g/mol. The zero-order valence-electron chi connectivity index (χ0n) is 10.5. The summed E-state index contributed by atoms with van der Waals surface area (Å²) in [4.78, 5) is 6.03. The highest BCUT2D eigenvalue weighted by atomic mass is 35.5. The fourth-order valence-corrected chi connectivity index (χ4v) is 1.92. The molecule has 0 radical (unpaired) electrons. The first kappa shape index (κ1) is 13.2. The Kier molecular flexibility index (Phi) is 3.88. The Morgan fingerprint density at radius 1 is 1.37 bits per heavy atom. The lowest BCUT2D eigenvalue weighted by Gasteiger charge is -2.19. The van der Waals surface area contributed by atoms with Gasteiger partial charge in [0.05, 0.1) is 11.9 Å². The third-order valence-electron chi connectivity index (χ3n) is 2.78. The van der Waals surface area contributed by atoms with E-state index in [-0.39, 0.29) is 0 Å². The number of aromatic nitrogens is 1. The summed E-state index contributed by atoms with van der Waals surface area (Å²) >= 11 is 6.13. The Bertz CT molecular complexity index is 616. The Hall–Kier alpha value is -2.25. The Balaban J connectivity index is 2.18. The maximum atomic E-state index is 8.71. The normalized spacial score (nSPS) is 9.95. The number of halogens is 1. The van der Waals surface area contributed by atoms with Crippen molar-refractivity contribution >= 4 is 23.0 Å². The van der Waals surface area contributed by atoms with Crippen molar-refractivity contribution in [1.29, 1.82) is 5.26 Å². The van der Waals surface area contributed by atoms with Gasteiger partial charge in [0.15, 0.2) is 0 Å². The van der Waals surface area contributed by atoms with Crippen LogP contribution in [-0.4, -0.2) is 12.0 Å².